The van der Waals surface area contributed by atoms with Gasteiger partial charge >= 0.3 is 0 Å². The van der Waals surface area contributed by atoms with E-state index in [-0.39, 0.29) is 24.5 Å². The largest absolute Gasteiger partial charge is 0.395 e. The van der Waals surface area contributed by atoms with Crippen molar-refractivity contribution >= 4 is 21.6 Å². The van der Waals surface area contributed by atoms with Gasteiger partial charge in [0.2, 0.25) is 0 Å². The van der Waals surface area contributed by atoms with E-state index in [4.69, 9.17) is 5.11 Å². The van der Waals surface area contributed by atoms with E-state index in [1.165, 1.54) is 34.4 Å². The molecule has 1 N–H and O–H groups in total. The summed E-state index contributed by atoms with van der Waals surface area (Å²) < 4.78 is 14.4. The van der Waals surface area contributed by atoms with Crippen molar-refractivity contribution in [3.63, 3.8) is 0 Å². The lowest BCUT2D eigenvalue weighted by molar-refractivity contribution is 0.274. The second kappa shape index (κ2) is 5.15. The summed E-state index contributed by atoms with van der Waals surface area (Å²) >= 11 is 1.37. The minimum Gasteiger partial charge on any atom is -0.395 e. The predicted molar refractivity (Wildman–Crippen MR) is 76.4 cm³/mol. The van der Waals surface area contributed by atoms with Crippen LogP contribution < -0.4 is 5.56 Å². The van der Waals surface area contributed by atoms with Gasteiger partial charge in [-0.15, -0.1) is 11.3 Å². The molecule has 1 aromatic carbocycles. The molecule has 0 aliphatic carbocycles. The van der Waals surface area contributed by atoms with Gasteiger partial charge in [-0.1, -0.05) is 12.1 Å². The maximum absolute atomic E-state index is 13.0. The Bertz CT molecular complexity index is 808. The summed E-state index contributed by atoms with van der Waals surface area (Å²) in [5.74, 6) is -0.316. The Morgan fingerprint density at radius 2 is 2.05 bits per heavy atom. The fraction of sp³-hybridized carbons (Fsp3) is 0.143. The number of fused-ring (bicyclic) bond motifs is 1. The number of aromatic nitrogens is 2. The van der Waals surface area contributed by atoms with Gasteiger partial charge in [0, 0.05) is 10.9 Å². The van der Waals surface area contributed by atoms with E-state index >= 15 is 0 Å². The van der Waals surface area contributed by atoms with Crippen LogP contribution in [0, 0.1) is 5.82 Å². The van der Waals surface area contributed by atoms with Gasteiger partial charge in [-0.05, 0) is 17.7 Å². The Hall–Kier alpha value is -2.05. The minimum atomic E-state index is -0.316. The van der Waals surface area contributed by atoms with Crippen LogP contribution >= 0.6 is 11.3 Å². The molecule has 0 spiro atoms. The van der Waals surface area contributed by atoms with Crippen molar-refractivity contribution < 1.29 is 9.50 Å². The van der Waals surface area contributed by atoms with E-state index in [9.17, 15) is 9.18 Å². The first-order valence-electron chi connectivity index (χ1n) is 6.04. The Morgan fingerprint density at radius 3 is 2.75 bits per heavy atom. The summed E-state index contributed by atoms with van der Waals surface area (Å²) in [7, 11) is 0. The van der Waals surface area contributed by atoms with Crippen LogP contribution in [0.2, 0.25) is 0 Å². The predicted octanol–water partition coefficient (Wildman–Crippen LogP) is 2.26. The summed E-state index contributed by atoms with van der Waals surface area (Å²) in [4.78, 5) is 17.2. The molecule has 3 aromatic rings. The molecule has 0 saturated heterocycles. The third-order valence-electron chi connectivity index (χ3n) is 3.06. The van der Waals surface area contributed by atoms with Gasteiger partial charge in [-0.2, -0.15) is 0 Å². The molecule has 0 amide bonds. The van der Waals surface area contributed by atoms with Crippen LogP contribution in [0.5, 0.6) is 0 Å². The molecular weight excluding hydrogens is 279 g/mol. The SMILES string of the molecule is O=c1c2c(-c3ccc(F)cc3)csc2ncn1CCO. The number of rotatable bonds is 3. The van der Waals surface area contributed by atoms with Crippen molar-refractivity contribution in [2.45, 2.75) is 6.54 Å². The third kappa shape index (κ3) is 2.13. The van der Waals surface area contributed by atoms with Crippen molar-refractivity contribution in [3.8, 4) is 11.1 Å². The molecule has 6 heteroatoms. The fourth-order valence-corrected chi connectivity index (χ4v) is 2.98. The topological polar surface area (TPSA) is 55.1 Å². The van der Waals surface area contributed by atoms with E-state index in [0.717, 1.165) is 11.1 Å². The fourth-order valence-electron chi connectivity index (χ4n) is 2.08. The van der Waals surface area contributed by atoms with Crippen molar-refractivity contribution in [2.24, 2.45) is 0 Å². The second-order valence-electron chi connectivity index (χ2n) is 4.30. The molecule has 0 aliphatic rings. The highest BCUT2D eigenvalue weighted by Gasteiger charge is 2.13. The highest BCUT2D eigenvalue weighted by molar-refractivity contribution is 7.17. The first-order chi connectivity index (χ1) is 9.70. The number of nitrogens with zero attached hydrogens (tertiary/aromatic N) is 2. The monoisotopic (exact) mass is 290 g/mol. The molecule has 0 atom stereocenters. The molecule has 2 heterocycles. The summed E-state index contributed by atoms with van der Waals surface area (Å²) in [6, 6.07) is 6.00. The normalized spacial score (nSPS) is 11.1. The Labute approximate surface area is 117 Å². The number of halogens is 1. The Morgan fingerprint density at radius 1 is 1.30 bits per heavy atom. The zero-order valence-corrected chi connectivity index (χ0v) is 11.2. The quantitative estimate of drug-likeness (QED) is 0.805. The van der Waals surface area contributed by atoms with Gasteiger partial charge in [0.05, 0.1) is 24.9 Å². The van der Waals surface area contributed by atoms with Crippen LogP contribution in [0.15, 0.2) is 40.8 Å². The van der Waals surface area contributed by atoms with E-state index in [1.807, 2.05) is 5.38 Å². The van der Waals surface area contributed by atoms with Crippen molar-refractivity contribution in [3.05, 3.63) is 52.1 Å². The molecule has 0 bridgehead atoms. The molecule has 102 valence electrons. The molecule has 0 radical (unpaired) electrons. The van der Waals surface area contributed by atoms with Crippen LogP contribution in [0.3, 0.4) is 0 Å². The number of aliphatic hydroxyl groups excluding tert-OH is 1. The van der Waals surface area contributed by atoms with E-state index in [0.29, 0.717) is 10.2 Å². The lowest BCUT2D eigenvalue weighted by atomic mass is 10.1. The van der Waals surface area contributed by atoms with Crippen molar-refractivity contribution in [1.82, 2.24) is 9.55 Å². The molecule has 0 aliphatic heterocycles. The third-order valence-corrected chi connectivity index (χ3v) is 3.94. The van der Waals surface area contributed by atoms with Crippen LogP contribution in [-0.2, 0) is 6.54 Å². The Kier molecular flexibility index (Phi) is 3.33. The van der Waals surface area contributed by atoms with Gasteiger partial charge in [-0.25, -0.2) is 9.37 Å². The summed E-state index contributed by atoms with van der Waals surface area (Å²) in [5, 5.41) is 11.3. The summed E-state index contributed by atoms with van der Waals surface area (Å²) in [5.41, 5.74) is 1.33. The zero-order chi connectivity index (χ0) is 14.1. The van der Waals surface area contributed by atoms with Gasteiger partial charge in [-0.3, -0.25) is 9.36 Å². The highest BCUT2D eigenvalue weighted by Crippen LogP contribution is 2.30. The maximum Gasteiger partial charge on any atom is 0.262 e. The molecule has 0 fully saturated rings. The van der Waals surface area contributed by atoms with E-state index in [2.05, 4.69) is 4.98 Å². The minimum absolute atomic E-state index is 0.122. The number of hydrogen-bond acceptors (Lipinski definition) is 4. The molecule has 0 saturated carbocycles. The number of aliphatic hydroxyl groups is 1. The lowest BCUT2D eigenvalue weighted by Crippen LogP contribution is -2.21. The first-order valence-corrected chi connectivity index (χ1v) is 6.92. The second-order valence-corrected chi connectivity index (χ2v) is 5.16. The van der Waals surface area contributed by atoms with Gasteiger partial charge < -0.3 is 5.11 Å². The van der Waals surface area contributed by atoms with Gasteiger partial charge in [0.25, 0.3) is 5.56 Å². The smallest absolute Gasteiger partial charge is 0.262 e. The van der Waals surface area contributed by atoms with E-state index < -0.39 is 0 Å². The maximum atomic E-state index is 13.0. The standard InChI is InChI=1S/C14H11FN2O2S/c15-10-3-1-9(2-4-10)11-7-20-13-12(11)14(19)17(5-6-18)8-16-13/h1-4,7-8,18H,5-6H2. The number of thiophene rings is 1. The summed E-state index contributed by atoms with van der Waals surface area (Å²) in [6.45, 7) is 0.0869. The highest BCUT2D eigenvalue weighted by atomic mass is 32.1. The van der Waals surface area contributed by atoms with Gasteiger partial charge in [0.1, 0.15) is 10.6 Å². The van der Waals surface area contributed by atoms with Crippen molar-refractivity contribution in [1.29, 1.82) is 0 Å². The first kappa shape index (κ1) is 13.0. The average Bonchev–Trinajstić information content (AvgIpc) is 2.88. The summed E-state index contributed by atoms with van der Waals surface area (Å²) in [6.07, 6.45) is 1.44. The number of benzene rings is 1. The van der Waals surface area contributed by atoms with Crippen LogP contribution in [0.4, 0.5) is 4.39 Å². The van der Waals surface area contributed by atoms with Gasteiger partial charge in [0.15, 0.2) is 0 Å². The number of hydrogen-bond donors (Lipinski definition) is 1. The molecule has 20 heavy (non-hydrogen) atoms. The molecule has 2 aromatic heterocycles. The molecule has 0 unspecified atom stereocenters. The lowest BCUT2D eigenvalue weighted by Gasteiger charge is -2.04. The van der Waals surface area contributed by atoms with E-state index in [1.54, 1.807) is 12.1 Å². The average molecular weight is 290 g/mol. The van der Waals surface area contributed by atoms with Crippen LogP contribution in [-0.4, -0.2) is 21.3 Å². The van der Waals surface area contributed by atoms with Crippen LogP contribution in [0.25, 0.3) is 21.3 Å². The zero-order valence-electron chi connectivity index (χ0n) is 10.4. The van der Waals surface area contributed by atoms with Crippen molar-refractivity contribution in [2.75, 3.05) is 6.61 Å². The molecule has 4 nitrogen and oxygen atoms in total. The Balaban J connectivity index is 2.24. The molecule has 3 rings (SSSR count). The van der Waals surface area contributed by atoms with Crippen LogP contribution in [0.1, 0.15) is 0 Å². The molecular formula is C14H11FN2O2S.